The Bertz CT molecular complexity index is 3150. The Morgan fingerprint density at radius 3 is 1.71 bits per heavy atom. The molecule has 1 aliphatic carbocycles. The zero-order valence-electron chi connectivity index (χ0n) is 32.9. The second-order valence-corrected chi connectivity index (χ2v) is 15.8. The van der Waals surface area contributed by atoms with Gasteiger partial charge in [0.05, 0.1) is 11.4 Å². The maximum Gasteiger partial charge on any atom is 0.0543 e. The molecule has 278 valence electrons. The summed E-state index contributed by atoms with van der Waals surface area (Å²) in [7, 11) is 0. The van der Waals surface area contributed by atoms with E-state index >= 15 is 0 Å². The summed E-state index contributed by atoms with van der Waals surface area (Å²) in [6, 6.07) is 84.6. The molecule has 1 nitrogen and oxygen atoms in total. The molecule has 1 aliphatic rings. The van der Waals surface area contributed by atoms with Gasteiger partial charge in [-0.15, -0.1) is 0 Å². The molecule has 11 rings (SSSR count). The summed E-state index contributed by atoms with van der Waals surface area (Å²) in [4.78, 5) is 2.49. The van der Waals surface area contributed by atoms with Crippen LogP contribution in [0.4, 0.5) is 17.1 Å². The van der Waals surface area contributed by atoms with E-state index in [1.54, 1.807) is 0 Å². The number of nitrogens with zero attached hydrogens (tertiary/aromatic N) is 1. The van der Waals surface area contributed by atoms with Gasteiger partial charge in [0.15, 0.2) is 0 Å². The normalized spacial score (nSPS) is 14.3. The SMILES string of the molecule is CC1(c2ccccc2)c2ccccc2-c2c(N(c3ccc(-c4cccc5ccccc45)cc3)c3ccccc3-c3ccc(-c4ccc5ccccc5c4)cc3)cccc21. The lowest BCUT2D eigenvalue weighted by Gasteiger charge is -2.31. The Balaban J connectivity index is 1.09. The van der Waals surface area contributed by atoms with E-state index < -0.39 is 0 Å². The van der Waals surface area contributed by atoms with Crippen LogP contribution in [0, 0.1) is 0 Å². The summed E-state index contributed by atoms with van der Waals surface area (Å²) in [5, 5.41) is 5.01. The molecule has 0 amide bonds. The zero-order chi connectivity index (χ0) is 39.3. The van der Waals surface area contributed by atoms with Crippen LogP contribution in [0.3, 0.4) is 0 Å². The molecule has 0 aromatic heterocycles. The van der Waals surface area contributed by atoms with E-state index in [-0.39, 0.29) is 5.41 Å². The summed E-state index contributed by atoms with van der Waals surface area (Å²) in [5.74, 6) is 0. The molecule has 0 heterocycles. The molecular weight excluding hydrogens is 711 g/mol. The fourth-order valence-electron chi connectivity index (χ4n) is 9.59. The molecule has 0 radical (unpaired) electrons. The predicted octanol–water partition coefficient (Wildman–Crippen LogP) is 15.8. The Kier molecular flexibility index (Phi) is 8.34. The summed E-state index contributed by atoms with van der Waals surface area (Å²) < 4.78 is 0. The van der Waals surface area contributed by atoms with Crippen molar-refractivity contribution in [2.75, 3.05) is 4.90 Å². The maximum atomic E-state index is 2.49. The van der Waals surface area contributed by atoms with Crippen molar-refractivity contribution in [1.82, 2.24) is 0 Å². The third-order valence-corrected chi connectivity index (χ3v) is 12.6. The molecule has 0 N–H and O–H groups in total. The summed E-state index contributed by atoms with van der Waals surface area (Å²) in [6.45, 7) is 2.39. The van der Waals surface area contributed by atoms with Crippen molar-refractivity contribution >= 4 is 38.6 Å². The fourth-order valence-corrected chi connectivity index (χ4v) is 9.59. The van der Waals surface area contributed by atoms with Gasteiger partial charge in [0.2, 0.25) is 0 Å². The standard InChI is InChI=1S/C58H41N/c1-58(47-19-3-2-4-20-47)53-25-11-9-23-52(53)57-54(58)26-14-28-56(57)59(48-37-35-43(36-38-48)50-24-13-18-42-16-7-8-21-49(42)50)55-27-12-10-22-51(55)44-32-29-41(30-33-44)46-34-31-40-15-5-6-17-45(40)39-46/h2-39H,1H3. The van der Waals surface area contributed by atoms with Crippen LogP contribution in [-0.2, 0) is 5.41 Å². The number of hydrogen-bond donors (Lipinski definition) is 0. The van der Waals surface area contributed by atoms with Crippen molar-refractivity contribution < 1.29 is 0 Å². The number of para-hydroxylation sites is 1. The van der Waals surface area contributed by atoms with Crippen molar-refractivity contribution in [3.8, 4) is 44.5 Å². The second-order valence-electron chi connectivity index (χ2n) is 15.8. The lowest BCUT2D eigenvalue weighted by atomic mass is 9.74. The van der Waals surface area contributed by atoms with Gasteiger partial charge in [-0.3, -0.25) is 0 Å². The van der Waals surface area contributed by atoms with Crippen LogP contribution in [0.25, 0.3) is 66.1 Å². The molecule has 1 atom stereocenters. The topological polar surface area (TPSA) is 3.24 Å². The molecule has 10 aromatic rings. The van der Waals surface area contributed by atoms with E-state index in [1.807, 2.05) is 0 Å². The number of rotatable bonds is 7. The minimum atomic E-state index is -0.314. The van der Waals surface area contributed by atoms with Gasteiger partial charge in [-0.1, -0.05) is 200 Å². The van der Waals surface area contributed by atoms with Gasteiger partial charge in [0, 0.05) is 22.2 Å². The predicted molar refractivity (Wildman–Crippen MR) is 250 cm³/mol. The molecule has 0 saturated carbocycles. The van der Waals surface area contributed by atoms with Crippen molar-refractivity contribution in [3.05, 3.63) is 247 Å². The summed E-state index contributed by atoms with van der Waals surface area (Å²) in [6.07, 6.45) is 0. The van der Waals surface area contributed by atoms with Gasteiger partial charge in [-0.2, -0.15) is 0 Å². The smallest absolute Gasteiger partial charge is 0.0543 e. The van der Waals surface area contributed by atoms with Crippen LogP contribution in [-0.4, -0.2) is 0 Å². The monoisotopic (exact) mass is 751 g/mol. The average Bonchev–Trinajstić information content (AvgIpc) is 3.58. The largest absolute Gasteiger partial charge is 0.309 e. The summed E-state index contributed by atoms with van der Waals surface area (Å²) >= 11 is 0. The van der Waals surface area contributed by atoms with Gasteiger partial charge in [0.25, 0.3) is 0 Å². The van der Waals surface area contributed by atoms with E-state index in [0.717, 1.165) is 17.1 Å². The van der Waals surface area contributed by atoms with E-state index in [4.69, 9.17) is 0 Å². The molecular formula is C58H41N. The zero-order valence-corrected chi connectivity index (χ0v) is 32.9. The summed E-state index contributed by atoms with van der Waals surface area (Å²) in [5.41, 5.74) is 16.8. The van der Waals surface area contributed by atoms with Crippen LogP contribution in [0.15, 0.2) is 231 Å². The van der Waals surface area contributed by atoms with Gasteiger partial charge >= 0.3 is 0 Å². The van der Waals surface area contributed by atoms with Gasteiger partial charge in [-0.25, -0.2) is 0 Å². The van der Waals surface area contributed by atoms with Gasteiger partial charge in [-0.05, 0) is 109 Å². The highest BCUT2D eigenvalue weighted by molar-refractivity contribution is 6.00. The van der Waals surface area contributed by atoms with E-state index in [9.17, 15) is 0 Å². The molecule has 0 aliphatic heterocycles. The van der Waals surface area contributed by atoms with E-state index in [1.165, 1.54) is 82.7 Å². The first-order valence-corrected chi connectivity index (χ1v) is 20.5. The van der Waals surface area contributed by atoms with Crippen molar-refractivity contribution in [2.24, 2.45) is 0 Å². The fraction of sp³-hybridized carbons (Fsp3) is 0.0345. The highest BCUT2D eigenvalue weighted by Gasteiger charge is 2.42. The number of fused-ring (bicyclic) bond motifs is 5. The minimum absolute atomic E-state index is 0.314. The molecule has 1 heteroatoms. The molecule has 0 bridgehead atoms. The Morgan fingerprint density at radius 2 is 0.881 bits per heavy atom. The van der Waals surface area contributed by atoms with Crippen molar-refractivity contribution in [2.45, 2.75) is 12.3 Å². The Morgan fingerprint density at radius 1 is 0.339 bits per heavy atom. The van der Waals surface area contributed by atoms with Crippen LogP contribution >= 0.6 is 0 Å². The molecule has 0 spiro atoms. The first kappa shape index (κ1) is 34.7. The van der Waals surface area contributed by atoms with Crippen molar-refractivity contribution in [1.29, 1.82) is 0 Å². The Labute approximate surface area is 346 Å². The number of benzene rings is 10. The number of hydrogen-bond acceptors (Lipinski definition) is 1. The first-order chi connectivity index (χ1) is 29.1. The average molecular weight is 752 g/mol. The van der Waals surface area contributed by atoms with Crippen LogP contribution < -0.4 is 4.90 Å². The highest BCUT2D eigenvalue weighted by atomic mass is 15.1. The molecule has 0 saturated heterocycles. The molecule has 10 aromatic carbocycles. The van der Waals surface area contributed by atoms with Crippen LogP contribution in [0.2, 0.25) is 0 Å². The lowest BCUT2D eigenvalue weighted by molar-refractivity contribution is 0.714. The molecule has 1 unspecified atom stereocenters. The van der Waals surface area contributed by atoms with E-state index in [2.05, 4.69) is 242 Å². The minimum Gasteiger partial charge on any atom is -0.309 e. The van der Waals surface area contributed by atoms with Gasteiger partial charge in [0.1, 0.15) is 0 Å². The third-order valence-electron chi connectivity index (χ3n) is 12.6. The van der Waals surface area contributed by atoms with Gasteiger partial charge < -0.3 is 4.90 Å². The maximum absolute atomic E-state index is 2.49. The quantitative estimate of drug-likeness (QED) is 0.157. The second kappa shape index (κ2) is 14.2. The van der Waals surface area contributed by atoms with Crippen molar-refractivity contribution in [3.63, 3.8) is 0 Å². The van der Waals surface area contributed by atoms with Crippen LogP contribution in [0.5, 0.6) is 0 Å². The Hall–Kier alpha value is -7.48. The molecule has 59 heavy (non-hydrogen) atoms. The first-order valence-electron chi connectivity index (χ1n) is 20.5. The third kappa shape index (κ3) is 5.77. The lowest BCUT2D eigenvalue weighted by Crippen LogP contribution is -2.22. The van der Waals surface area contributed by atoms with Crippen LogP contribution in [0.1, 0.15) is 23.6 Å². The number of anilines is 3. The van der Waals surface area contributed by atoms with E-state index in [0.29, 0.717) is 0 Å². The highest BCUT2D eigenvalue weighted by Crippen LogP contribution is 2.57. The molecule has 0 fully saturated rings.